The van der Waals surface area contributed by atoms with Gasteiger partial charge in [0, 0.05) is 23.2 Å². The van der Waals surface area contributed by atoms with Crippen LogP contribution in [-0.4, -0.2) is 11.4 Å². The number of carbonyl (C=O) groups is 1. The van der Waals surface area contributed by atoms with Crippen LogP contribution in [0.4, 0.5) is 5.69 Å². The lowest BCUT2D eigenvalue weighted by molar-refractivity contribution is -0.117. The fraction of sp³-hybridized carbons (Fsp3) is 0.235. The van der Waals surface area contributed by atoms with Crippen molar-refractivity contribution < 1.29 is 4.79 Å². The van der Waals surface area contributed by atoms with Crippen molar-refractivity contribution in [2.75, 3.05) is 5.32 Å². The Hall–Kier alpha value is -2.13. The minimum Gasteiger partial charge on any atom is -0.325 e. The maximum Gasteiger partial charge on any atom is 0.226 e. The van der Waals surface area contributed by atoms with Gasteiger partial charge >= 0.3 is 0 Å². The van der Waals surface area contributed by atoms with Gasteiger partial charge in [0.25, 0.3) is 0 Å². The van der Waals surface area contributed by atoms with E-state index >= 15 is 0 Å². The molecule has 2 rings (SSSR count). The molecule has 0 radical (unpaired) electrons. The molecule has 3 N–H and O–H groups in total. The van der Waals surface area contributed by atoms with E-state index in [1.807, 2.05) is 68.4 Å². The zero-order chi connectivity index (χ0) is 14.6. The molecule has 3 heteroatoms. The van der Waals surface area contributed by atoms with Crippen LogP contribution < -0.4 is 11.1 Å². The summed E-state index contributed by atoms with van der Waals surface area (Å²) in [5.74, 6) is -0.0686. The summed E-state index contributed by atoms with van der Waals surface area (Å²) < 4.78 is 0. The van der Waals surface area contributed by atoms with Crippen LogP contribution in [0.5, 0.6) is 0 Å². The zero-order valence-corrected chi connectivity index (χ0v) is 11.9. The van der Waals surface area contributed by atoms with E-state index in [1.54, 1.807) is 0 Å². The van der Waals surface area contributed by atoms with E-state index in [2.05, 4.69) is 5.32 Å². The summed E-state index contributed by atoms with van der Waals surface area (Å²) in [5.41, 5.74) is 8.27. The number of carbonyl (C=O) groups excluding carboxylic acids is 1. The van der Waals surface area contributed by atoms with Crippen LogP contribution >= 0.6 is 0 Å². The number of rotatable bonds is 4. The highest BCUT2D eigenvalue weighted by Gasteiger charge is 2.17. The molecule has 0 aliphatic carbocycles. The molecule has 0 saturated carbocycles. The van der Waals surface area contributed by atoms with Crippen LogP contribution in [0.1, 0.15) is 20.3 Å². The second kappa shape index (κ2) is 5.88. The topological polar surface area (TPSA) is 55.1 Å². The van der Waals surface area contributed by atoms with E-state index in [0.717, 1.165) is 16.8 Å². The first-order chi connectivity index (χ1) is 9.46. The van der Waals surface area contributed by atoms with E-state index in [0.29, 0.717) is 0 Å². The normalized spacial score (nSPS) is 11.2. The van der Waals surface area contributed by atoms with E-state index in [4.69, 9.17) is 5.73 Å². The molecule has 0 aliphatic rings. The van der Waals surface area contributed by atoms with Crippen molar-refractivity contribution in [2.24, 2.45) is 5.73 Å². The van der Waals surface area contributed by atoms with Gasteiger partial charge < -0.3 is 11.1 Å². The van der Waals surface area contributed by atoms with E-state index in [-0.39, 0.29) is 12.3 Å². The lowest BCUT2D eigenvalue weighted by Crippen LogP contribution is -2.36. The van der Waals surface area contributed by atoms with Crippen LogP contribution in [0, 0.1) is 0 Å². The number of hydrogen-bond acceptors (Lipinski definition) is 2. The van der Waals surface area contributed by atoms with Gasteiger partial charge in [-0.05, 0) is 25.5 Å². The van der Waals surface area contributed by atoms with Crippen LogP contribution in [-0.2, 0) is 4.79 Å². The SMILES string of the molecule is CC(C)(N)CC(=O)Nc1ccccc1-c1ccccc1. The Morgan fingerprint density at radius 2 is 1.65 bits per heavy atom. The van der Waals surface area contributed by atoms with Crippen LogP contribution in [0.15, 0.2) is 54.6 Å². The van der Waals surface area contributed by atoms with Gasteiger partial charge in [-0.2, -0.15) is 0 Å². The number of hydrogen-bond donors (Lipinski definition) is 2. The third kappa shape index (κ3) is 3.93. The van der Waals surface area contributed by atoms with Gasteiger partial charge in [0.15, 0.2) is 0 Å². The standard InChI is InChI=1S/C17H20N2O/c1-17(2,18)12-16(20)19-15-11-7-6-10-14(15)13-8-4-3-5-9-13/h3-11H,12,18H2,1-2H3,(H,19,20). The second-order valence-corrected chi connectivity index (χ2v) is 5.63. The van der Waals surface area contributed by atoms with Crippen LogP contribution in [0.3, 0.4) is 0 Å². The predicted molar refractivity (Wildman–Crippen MR) is 83.4 cm³/mol. The van der Waals surface area contributed by atoms with Gasteiger partial charge in [0.05, 0.1) is 0 Å². The molecule has 2 aromatic rings. The van der Waals surface area contributed by atoms with Gasteiger partial charge in [-0.15, -0.1) is 0 Å². The fourth-order valence-corrected chi connectivity index (χ4v) is 2.07. The number of benzene rings is 2. The predicted octanol–water partition coefficient (Wildman–Crippen LogP) is 3.42. The van der Waals surface area contributed by atoms with Crippen molar-refractivity contribution in [3.05, 3.63) is 54.6 Å². The molecule has 0 fully saturated rings. The van der Waals surface area contributed by atoms with Gasteiger partial charge in [0.2, 0.25) is 5.91 Å². The highest BCUT2D eigenvalue weighted by Crippen LogP contribution is 2.27. The molecule has 0 unspecified atom stereocenters. The van der Waals surface area contributed by atoms with Crippen molar-refractivity contribution in [1.29, 1.82) is 0 Å². The molecule has 1 amide bonds. The monoisotopic (exact) mass is 268 g/mol. The van der Waals surface area contributed by atoms with Gasteiger partial charge in [-0.1, -0.05) is 48.5 Å². The summed E-state index contributed by atoms with van der Waals surface area (Å²) in [6.45, 7) is 3.69. The van der Waals surface area contributed by atoms with Crippen molar-refractivity contribution in [1.82, 2.24) is 0 Å². The molecule has 0 saturated heterocycles. The Morgan fingerprint density at radius 3 is 2.30 bits per heavy atom. The van der Waals surface area contributed by atoms with Crippen molar-refractivity contribution >= 4 is 11.6 Å². The molecule has 2 aromatic carbocycles. The Kier molecular flexibility index (Phi) is 4.20. The highest BCUT2D eigenvalue weighted by molar-refractivity contribution is 5.95. The largest absolute Gasteiger partial charge is 0.325 e. The summed E-state index contributed by atoms with van der Waals surface area (Å²) in [7, 11) is 0. The lowest BCUT2D eigenvalue weighted by atomic mass is 10.0. The Balaban J connectivity index is 2.23. The quantitative estimate of drug-likeness (QED) is 0.892. The Morgan fingerprint density at radius 1 is 1.05 bits per heavy atom. The molecule has 20 heavy (non-hydrogen) atoms. The summed E-state index contributed by atoms with van der Waals surface area (Å²) in [6.07, 6.45) is 0.288. The van der Waals surface area contributed by atoms with Crippen LogP contribution in [0.2, 0.25) is 0 Å². The molecule has 0 heterocycles. The van der Waals surface area contributed by atoms with Gasteiger partial charge in [0.1, 0.15) is 0 Å². The molecule has 0 aromatic heterocycles. The number of amides is 1. The number of nitrogens with two attached hydrogens (primary N) is 1. The molecule has 0 spiro atoms. The van der Waals surface area contributed by atoms with Crippen LogP contribution in [0.25, 0.3) is 11.1 Å². The number of anilines is 1. The molecule has 3 nitrogen and oxygen atoms in total. The zero-order valence-electron chi connectivity index (χ0n) is 11.9. The lowest BCUT2D eigenvalue weighted by Gasteiger charge is -2.18. The summed E-state index contributed by atoms with van der Waals surface area (Å²) in [4.78, 5) is 12.0. The Bertz CT molecular complexity index is 585. The van der Waals surface area contributed by atoms with Crippen molar-refractivity contribution in [3.63, 3.8) is 0 Å². The van der Waals surface area contributed by atoms with Crippen molar-refractivity contribution in [2.45, 2.75) is 25.8 Å². The summed E-state index contributed by atoms with van der Waals surface area (Å²) in [5, 5.41) is 2.95. The number of nitrogens with one attached hydrogen (secondary N) is 1. The third-order valence-electron chi connectivity index (χ3n) is 2.90. The highest BCUT2D eigenvalue weighted by atomic mass is 16.1. The number of para-hydroxylation sites is 1. The minimum atomic E-state index is -0.508. The second-order valence-electron chi connectivity index (χ2n) is 5.63. The summed E-state index contributed by atoms with van der Waals surface area (Å²) >= 11 is 0. The fourth-order valence-electron chi connectivity index (χ4n) is 2.07. The Labute approximate surface area is 119 Å². The average Bonchev–Trinajstić information content (AvgIpc) is 2.38. The summed E-state index contributed by atoms with van der Waals surface area (Å²) in [6, 6.07) is 17.8. The molecule has 0 aliphatic heterocycles. The average molecular weight is 268 g/mol. The van der Waals surface area contributed by atoms with Gasteiger partial charge in [-0.3, -0.25) is 4.79 Å². The smallest absolute Gasteiger partial charge is 0.226 e. The first-order valence-electron chi connectivity index (χ1n) is 6.69. The van der Waals surface area contributed by atoms with E-state index in [9.17, 15) is 4.79 Å². The first kappa shape index (κ1) is 14.3. The molecular formula is C17H20N2O. The van der Waals surface area contributed by atoms with Crippen molar-refractivity contribution in [3.8, 4) is 11.1 Å². The van der Waals surface area contributed by atoms with Gasteiger partial charge in [-0.25, -0.2) is 0 Å². The molecule has 0 bridgehead atoms. The molecular weight excluding hydrogens is 248 g/mol. The molecule has 104 valence electrons. The maximum absolute atomic E-state index is 12.0. The minimum absolute atomic E-state index is 0.0686. The third-order valence-corrected chi connectivity index (χ3v) is 2.90. The van der Waals surface area contributed by atoms with E-state index in [1.165, 1.54) is 0 Å². The first-order valence-corrected chi connectivity index (χ1v) is 6.69. The van der Waals surface area contributed by atoms with E-state index < -0.39 is 5.54 Å². The maximum atomic E-state index is 12.0. The molecule has 0 atom stereocenters.